The highest BCUT2D eigenvalue weighted by atomic mass is 35.5. The first-order valence-corrected chi connectivity index (χ1v) is 8.03. The summed E-state index contributed by atoms with van der Waals surface area (Å²) >= 11 is 5.80. The van der Waals surface area contributed by atoms with Crippen LogP contribution in [0.25, 0.3) is 0 Å². The number of halogens is 6. The smallest absolute Gasteiger partial charge is 0.314 e. The van der Waals surface area contributed by atoms with Crippen LogP contribution in [0.2, 0.25) is 5.02 Å². The lowest BCUT2D eigenvalue weighted by Gasteiger charge is -2.39. The highest BCUT2D eigenvalue weighted by Gasteiger charge is 2.38. The molecule has 2 nitrogen and oxygen atoms in total. The Bertz CT molecular complexity index is 506. The molecular weight excluding hydrogens is 384 g/mol. The van der Waals surface area contributed by atoms with Gasteiger partial charge < -0.3 is 5.32 Å². The van der Waals surface area contributed by atoms with Crippen molar-refractivity contribution >= 4 is 36.4 Å². The molecule has 1 aromatic rings. The largest absolute Gasteiger partial charge is 0.416 e. The SMILES string of the molecule is CCC(C)[C@H](c1ccc(Cl)cc1C(F)(F)F)N1CCNCC1.Cl.Cl. The molecule has 1 N–H and O–H groups in total. The summed E-state index contributed by atoms with van der Waals surface area (Å²) in [7, 11) is 0. The molecule has 1 unspecified atom stereocenters. The van der Waals surface area contributed by atoms with Crippen molar-refractivity contribution in [2.24, 2.45) is 5.92 Å². The first kappa shape index (κ1) is 23.8. The first-order chi connectivity index (χ1) is 10.3. The standard InChI is InChI=1S/C16H22ClF3N2.2ClH/c1-3-11(2)15(22-8-6-21-7-9-22)13-5-4-12(17)10-14(13)16(18,19)20;;/h4-5,10-11,15,21H,3,6-9H2,1-2H3;2*1H/t11?,15-;;/m1../s1. The number of nitrogens with one attached hydrogen (secondary N) is 1. The molecule has 0 aliphatic carbocycles. The number of nitrogens with zero attached hydrogens (tertiary/aromatic N) is 1. The van der Waals surface area contributed by atoms with Gasteiger partial charge in [-0.1, -0.05) is 37.9 Å². The second-order valence-electron chi connectivity index (χ2n) is 5.85. The quantitative estimate of drug-likeness (QED) is 0.738. The van der Waals surface area contributed by atoms with Crippen LogP contribution in [0.3, 0.4) is 0 Å². The molecule has 0 saturated carbocycles. The minimum atomic E-state index is -4.39. The topological polar surface area (TPSA) is 15.3 Å². The Kier molecular flexibility index (Phi) is 9.99. The maximum atomic E-state index is 13.4. The molecule has 1 aliphatic heterocycles. The van der Waals surface area contributed by atoms with Crippen molar-refractivity contribution in [3.05, 3.63) is 34.3 Å². The van der Waals surface area contributed by atoms with Crippen LogP contribution in [0.1, 0.15) is 37.4 Å². The van der Waals surface area contributed by atoms with E-state index in [9.17, 15) is 13.2 Å². The monoisotopic (exact) mass is 406 g/mol. The zero-order valence-corrected chi connectivity index (χ0v) is 16.1. The zero-order valence-electron chi connectivity index (χ0n) is 13.7. The van der Waals surface area contributed by atoms with Crippen LogP contribution in [0.15, 0.2) is 18.2 Å². The highest BCUT2D eigenvalue weighted by molar-refractivity contribution is 6.30. The van der Waals surface area contributed by atoms with Gasteiger partial charge in [0.15, 0.2) is 0 Å². The molecule has 0 aromatic heterocycles. The molecule has 1 aromatic carbocycles. The molecular formula is C16H24Cl3F3N2. The Morgan fingerprint density at radius 1 is 1.21 bits per heavy atom. The van der Waals surface area contributed by atoms with Gasteiger partial charge in [0, 0.05) is 37.2 Å². The molecule has 1 saturated heterocycles. The Labute approximate surface area is 158 Å². The van der Waals surface area contributed by atoms with Crippen molar-refractivity contribution in [1.82, 2.24) is 10.2 Å². The van der Waals surface area contributed by atoms with E-state index in [0.717, 1.165) is 38.7 Å². The Morgan fingerprint density at radius 3 is 2.29 bits per heavy atom. The lowest BCUT2D eigenvalue weighted by molar-refractivity contribution is -0.139. The minimum Gasteiger partial charge on any atom is -0.314 e. The van der Waals surface area contributed by atoms with Crippen LogP contribution >= 0.6 is 36.4 Å². The molecule has 0 bridgehead atoms. The van der Waals surface area contributed by atoms with Crippen LogP contribution < -0.4 is 5.32 Å². The lowest BCUT2D eigenvalue weighted by Crippen LogP contribution is -2.47. The van der Waals surface area contributed by atoms with Crippen LogP contribution in [0.5, 0.6) is 0 Å². The van der Waals surface area contributed by atoms with E-state index >= 15 is 0 Å². The molecule has 1 fully saturated rings. The third kappa shape index (κ3) is 5.67. The molecule has 8 heteroatoms. The van der Waals surface area contributed by atoms with Crippen molar-refractivity contribution in [3.8, 4) is 0 Å². The minimum absolute atomic E-state index is 0. The fraction of sp³-hybridized carbons (Fsp3) is 0.625. The van der Waals surface area contributed by atoms with Gasteiger partial charge in [-0.3, -0.25) is 4.90 Å². The maximum Gasteiger partial charge on any atom is 0.416 e. The number of hydrogen-bond acceptors (Lipinski definition) is 2. The van der Waals surface area contributed by atoms with Crippen LogP contribution in [0.4, 0.5) is 13.2 Å². The summed E-state index contributed by atoms with van der Waals surface area (Å²) in [6, 6.07) is 3.92. The lowest BCUT2D eigenvalue weighted by atomic mass is 9.87. The Morgan fingerprint density at radius 2 is 1.79 bits per heavy atom. The van der Waals surface area contributed by atoms with Crippen molar-refractivity contribution in [2.75, 3.05) is 26.2 Å². The summed E-state index contributed by atoms with van der Waals surface area (Å²) in [6.07, 6.45) is -3.56. The normalized spacial score (nSPS) is 18.2. The van der Waals surface area contributed by atoms with E-state index in [1.54, 1.807) is 12.1 Å². The number of benzene rings is 1. The van der Waals surface area contributed by atoms with Gasteiger partial charge in [0.1, 0.15) is 0 Å². The van der Waals surface area contributed by atoms with Gasteiger partial charge in [-0.05, 0) is 23.6 Å². The van der Waals surface area contributed by atoms with Crippen molar-refractivity contribution < 1.29 is 13.2 Å². The molecule has 1 heterocycles. The molecule has 2 rings (SSSR count). The number of rotatable bonds is 4. The van der Waals surface area contributed by atoms with E-state index in [1.165, 1.54) is 0 Å². The van der Waals surface area contributed by atoms with Crippen molar-refractivity contribution in [3.63, 3.8) is 0 Å². The molecule has 140 valence electrons. The molecule has 2 atom stereocenters. The summed E-state index contributed by atoms with van der Waals surface area (Å²) in [5.74, 6) is 0.139. The summed E-state index contributed by atoms with van der Waals surface area (Å²) in [6.45, 7) is 7.16. The number of hydrogen-bond donors (Lipinski definition) is 1. The van der Waals surface area contributed by atoms with E-state index < -0.39 is 11.7 Å². The number of alkyl halides is 3. The molecule has 0 radical (unpaired) electrons. The van der Waals surface area contributed by atoms with Crippen LogP contribution in [0, 0.1) is 5.92 Å². The van der Waals surface area contributed by atoms with E-state index in [1.807, 2.05) is 13.8 Å². The fourth-order valence-electron chi connectivity index (χ4n) is 3.08. The van der Waals surface area contributed by atoms with Gasteiger partial charge in [0.25, 0.3) is 0 Å². The van der Waals surface area contributed by atoms with E-state index in [0.29, 0.717) is 5.56 Å². The molecule has 0 amide bonds. The molecule has 1 aliphatic rings. The molecule has 0 spiro atoms. The van der Waals surface area contributed by atoms with Crippen LogP contribution in [-0.2, 0) is 6.18 Å². The number of piperazine rings is 1. The van der Waals surface area contributed by atoms with Crippen molar-refractivity contribution in [2.45, 2.75) is 32.5 Å². The average molecular weight is 408 g/mol. The maximum absolute atomic E-state index is 13.4. The predicted molar refractivity (Wildman–Crippen MR) is 97.6 cm³/mol. The average Bonchev–Trinajstić information content (AvgIpc) is 2.48. The summed E-state index contributed by atoms with van der Waals surface area (Å²) < 4.78 is 40.3. The van der Waals surface area contributed by atoms with E-state index in [-0.39, 0.29) is 41.8 Å². The third-order valence-electron chi connectivity index (χ3n) is 4.37. The molecule has 24 heavy (non-hydrogen) atoms. The summed E-state index contributed by atoms with van der Waals surface area (Å²) in [5, 5.41) is 3.37. The predicted octanol–water partition coefficient (Wildman–Crippen LogP) is 5.19. The Hall–Kier alpha value is -0.200. The van der Waals surface area contributed by atoms with Gasteiger partial charge in [-0.25, -0.2) is 0 Å². The Balaban J connectivity index is 0.00000264. The van der Waals surface area contributed by atoms with E-state index in [2.05, 4.69) is 10.2 Å². The zero-order chi connectivity index (χ0) is 16.3. The third-order valence-corrected chi connectivity index (χ3v) is 4.60. The van der Waals surface area contributed by atoms with E-state index in [4.69, 9.17) is 11.6 Å². The van der Waals surface area contributed by atoms with Crippen LogP contribution in [-0.4, -0.2) is 31.1 Å². The second-order valence-corrected chi connectivity index (χ2v) is 6.28. The van der Waals surface area contributed by atoms with Gasteiger partial charge in [0.2, 0.25) is 0 Å². The highest BCUT2D eigenvalue weighted by Crippen LogP contribution is 2.41. The first-order valence-electron chi connectivity index (χ1n) is 7.66. The summed E-state index contributed by atoms with van der Waals surface area (Å²) in [5.41, 5.74) is -0.267. The van der Waals surface area contributed by atoms with Gasteiger partial charge in [0.05, 0.1) is 5.56 Å². The van der Waals surface area contributed by atoms with Crippen molar-refractivity contribution in [1.29, 1.82) is 0 Å². The van der Waals surface area contributed by atoms with Gasteiger partial charge >= 0.3 is 6.18 Å². The van der Waals surface area contributed by atoms with Gasteiger partial charge in [-0.15, -0.1) is 24.8 Å². The fourth-order valence-corrected chi connectivity index (χ4v) is 3.25. The van der Waals surface area contributed by atoms with Gasteiger partial charge in [-0.2, -0.15) is 13.2 Å². The summed E-state index contributed by atoms with van der Waals surface area (Å²) in [4.78, 5) is 2.16. The second kappa shape index (κ2) is 10.1.